The molecule has 1 heterocycles. The molecule has 2 aromatic carbocycles. The molecule has 3 rings (SSSR count). The van der Waals surface area contributed by atoms with E-state index < -0.39 is 10.0 Å². The minimum Gasteiger partial charge on any atom is -0.489 e. The van der Waals surface area contributed by atoms with Crippen molar-refractivity contribution in [3.8, 4) is 5.75 Å². The molecule has 0 fully saturated rings. The van der Waals surface area contributed by atoms with Crippen LogP contribution in [0.4, 0.5) is 11.4 Å². The number of halogens is 1. The molecular weight excluding hydrogens is 312 g/mol. The topological polar surface area (TPSA) is 72.6 Å². The minimum absolute atomic E-state index is 0.000805. The van der Waals surface area contributed by atoms with Gasteiger partial charge in [-0.3, -0.25) is 4.31 Å². The van der Waals surface area contributed by atoms with Crippen molar-refractivity contribution in [3.63, 3.8) is 0 Å². The van der Waals surface area contributed by atoms with E-state index in [-0.39, 0.29) is 23.1 Å². The van der Waals surface area contributed by atoms with Crippen LogP contribution in [0.2, 0.25) is 5.02 Å². The molecule has 0 atom stereocenters. The summed E-state index contributed by atoms with van der Waals surface area (Å²) in [7, 11) is -3.79. The van der Waals surface area contributed by atoms with Crippen molar-refractivity contribution < 1.29 is 13.2 Å². The summed E-state index contributed by atoms with van der Waals surface area (Å²) in [6, 6.07) is 11.4. The minimum atomic E-state index is -3.79. The number of benzene rings is 2. The summed E-state index contributed by atoms with van der Waals surface area (Å²) in [4.78, 5) is 0.000805. The van der Waals surface area contributed by atoms with Crippen molar-refractivity contribution in [2.75, 3.05) is 23.2 Å². The quantitative estimate of drug-likeness (QED) is 0.861. The van der Waals surface area contributed by atoms with Crippen LogP contribution in [0.5, 0.6) is 5.75 Å². The standard InChI is InChI=1S/C14H13ClN2O3S/c15-11-6-5-10(16)9-14(11)21(18,19)17-7-8-20-13-4-2-1-3-12(13)17/h1-6,9H,7-8,16H2. The number of fused-ring (bicyclic) bond motifs is 1. The van der Waals surface area contributed by atoms with E-state index in [0.29, 0.717) is 17.1 Å². The van der Waals surface area contributed by atoms with Gasteiger partial charge in [-0.1, -0.05) is 23.7 Å². The molecule has 0 saturated carbocycles. The maximum Gasteiger partial charge on any atom is 0.266 e. The van der Waals surface area contributed by atoms with Crippen LogP contribution in [-0.4, -0.2) is 21.6 Å². The highest BCUT2D eigenvalue weighted by atomic mass is 35.5. The summed E-state index contributed by atoms with van der Waals surface area (Å²) in [6.07, 6.45) is 0. The zero-order valence-corrected chi connectivity index (χ0v) is 12.6. The Balaban J connectivity index is 2.14. The highest BCUT2D eigenvalue weighted by Gasteiger charge is 2.31. The Kier molecular flexibility index (Phi) is 3.43. The van der Waals surface area contributed by atoms with Crippen LogP contribution >= 0.6 is 11.6 Å². The van der Waals surface area contributed by atoms with E-state index in [2.05, 4.69) is 0 Å². The van der Waals surface area contributed by atoms with Gasteiger partial charge in [0, 0.05) is 5.69 Å². The molecule has 1 aliphatic rings. The van der Waals surface area contributed by atoms with Crippen LogP contribution in [0.1, 0.15) is 0 Å². The lowest BCUT2D eigenvalue weighted by Gasteiger charge is -2.30. The SMILES string of the molecule is Nc1ccc(Cl)c(S(=O)(=O)N2CCOc3ccccc32)c1. The van der Waals surface area contributed by atoms with Crippen LogP contribution in [0, 0.1) is 0 Å². The molecule has 0 radical (unpaired) electrons. The van der Waals surface area contributed by atoms with Crippen LogP contribution in [-0.2, 0) is 10.0 Å². The van der Waals surface area contributed by atoms with Gasteiger partial charge >= 0.3 is 0 Å². The molecule has 0 bridgehead atoms. The monoisotopic (exact) mass is 324 g/mol. The van der Waals surface area contributed by atoms with Gasteiger partial charge in [-0.05, 0) is 30.3 Å². The molecule has 110 valence electrons. The van der Waals surface area contributed by atoms with Crippen LogP contribution < -0.4 is 14.8 Å². The smallest absolute Gasteiger partial charge is 0.266 e. The molecule has 5 nitrogen and oxygen atoms in total. The molecule has 2 N–H and O–H groups in total. The van der Waals surface area contributed by atoms with Crippen molar-refractivity contribution >= 4 is 33.0 Å². The maximum absolute atomic E-state index is 12.9. The number of hydrogen-bond acceptors (Lipinski definition) is 4. The lowest BCUT2D eigenvalue weighted by atomic mass is 10.2. The zero-order chi connectivity index (χ0) is 15.0. The first kappa shape index (κ1) is 14.0. The molecule has 0 spiro atoms. The third-order valence-corrected chi connectivity index (χ3v) is 5.50. The fraction of sp³-hybridized carbons (Fsp3) is 0.143. The van der Waals surface area contributed by atoms with Crippen molar-refractivity contribution in [1.82, 2.24) is 0 Å². The second-order valence-corrected chi connectivity index (χ2v) is 6.82. The first-order valence-electron chi connectivity index (χ1n) is 6.30. The second-order valence-electron chi connectivity index (χ2n) is 4.58. The van der Waals surface area contributed by atoms with E-state index in [1.54, 1.807) is 30.3 Å². The predicted octanol–water partition coefficient (Wildman–Crippen LogP) is 2.51. The maximum atomic E-state index is 12.9. The molecule has 0 aromatic heterocycles. The van der Waals surface area contributed by atoms with E-state index in [1.165, 1.54) is 16.4 Å². The van der Waals surface area contributed by atoms with Gasteiger partial charge in [-0.25, -0.2) is 8.42 Å². The normalized spacial score (nSPS) is 14.4. The average Bonchev–Trinajstić information content (AvgIpc) is 2.49. The Morgan fingerprint density at radius 1 is 1.19 bits per heavy atom. The number of sulfonamides is 1. The van der Waals surface area contributed by atoms with Gasteiger partial charge in [0.05, 0.1) is 17.3 Å². The molecule has 0 amide bonds. The number of nitrogen functional groups attached to an aromatic ring is 1. The summed E-state index contributed by atoms with van der Waals surface area (Å²) >= 11 is 6.03. The number of hydrogen-bond donors (Lipinski definition) is 1. The molecule has 21 heavy (non-hydrogen) atoms. The van der Waals surface area contributed by atoms with Gasteiger partial charge in [0.1, 0.15) is 17.3 Å². The van der Waals surface area contributed by atoms with E-state index >= 15 is 0 Å². The molecule has 2 aromatic rings. The highest BCUT2D eigenvalue weighted by Crippen LogP contribution is 2.36. The Morgan fingerprint density at radius 2 is 1.95 bits per heavy atom. The Bertz CT molecular complexity index is 793. The molecule has 7 heteroatoms. The van der Waals surface area contributed by atoms with Crippen LogP contribution in [0.25, 0.3) is 0 Å². The van der Waals surface area contributed by atoms with Crippen LogP contribution in [0.15, 0.2) is 47.4 Å². The lowest BCUT2D eigenvalue weighted by molar-refractivity contribution is 0.316. The molecule has 0 aliphatic carbocycles. The van der Waals surface area contributed by atoms with Crippen molar-refractivity contribution in [1.29, 1.82) is 0 Å². The third-order valence-electron chi connectivity index (χ3n) is 3.21. The molecular formula is C14H13ClN2O3S. The molecule has 0 unspecified atom stereocenters. The Hall–Kier alpha value is -1.92. The fourth-order valence-corrected chi connectivity index (χ4v) is 4.20. The summed E-state index contributed by atoms with van der Waals surface area (Å²) < 4.78 is 32.5. The van der Waals surface area contributed by atoms with Gasteiger partial charge in [-0.2, -0.15) is 0 Å². The summed E-state index contributed by atoms with van der Waals surface area (Å²) in [5.74, 6) is 0.535. The van der Waals surface area contributed by atoms with E-state index in [1.807, 2.05) is 0 Å². The van der Waals surface area contributed by atoms with E-state index in [9.17, 15) is 8.42 Å². The summed E-state index contributed by atoms with van der Waals surface area (Å²) in [6.45, 7) is 0.515. The number of nitrogens with zero attached hydrogens (tertiary/aromatic N) is 1. The number of rotatable bonds is 2. The predicted molar refractivity (Wildman–Crippen MR) is 82.3 cm³/mol. The zero-order valence-electron chi connectivity index (χ0n) is 11.0. The van der Waals surface area contributed by atoms with Crippen molar-refractivity contribution in [2.45, 2.75) is 4.90 Å². The Morgan fingerprint density at radius 3 is 2.76 bits per heavy atom. The van der Waals surface area contributed by atoms with Crippen LogP contribution in [0.3, 0.4) is 0 Å². The lowest BCUT2D eigenvalue weighted by Crippen LogP contribution is -2.38. The number of anilines is 2. The van der Waals surface area contributed by atoms with Gasteiger partial charge in [0.15, 0.2) is 0 Å². The molecule has 0 saturated heterocycles. The largest absolute Gasteiger partial charge is 0.489 e. The van der Waals surface area contributed by atoms with E-state index in [4.69, 9.17) is 22.1 Å². The van der Waals surface area contributed by atoms with Gasteiger partial charge in [0.2, 0.25) is 0 Å². The number of ether oxygens (including phenoxy) is 1. The van der Waals surface area contributed by atoms with Crippen molar-refractivity contribution in [2.24, 2.45) is 0 Å². The summed E-state index contributed by atoms with van der Waals surface area (Å²) in [5, 5.41) is 0.146. The average molecular weight is 325 g/mol. The number of nitrogens with two attached hydrogens (primary N) is 1. The fourth-order valence-electron chi connectivity index (χ4n) is 2.23. The van der Waals surface area contributed by atoms with Crippen molar-refractivity contribution in [3.05, 3.63) is 47.5 Å². The number of para-hydroxylation sites is 2. The summed E-state index contributed by atoms with van der Waals surface area (Å²) in [5.41, 5.74) is 6.53. The van der Waals surface area contributed by atoms with E-state index in [0.717, 1.165) is 0 Å². The van der Waals surface area contributed by atoms with Gasteiger partial charge in [0.25, 0.3) is 10.0 Å². The highest BCUT2D eigenvalue weighted by molar-refractivity contribution is 7.93. The molecule has 1 aliphatic heterocycles. The Labute approximate surface area is 127 Å². The second kappa shape index (κ2) is 5.13. The first-order valence-corrected chi connectivity index (χ1v) is 8.11. The van der Waals surface area contributed by atoms with Gasteiger partial charge < -0.3 is 10.5 Å². The van der Waals surface area contributed by atoms with Gasteiger partial charge in [-0.15, -0.1) is 0 Å². The third kappa shape index (κ3) is 2.41. The first-order chi connectivity index (χ1) is 10.00.